The van der Waals surface area contributed by atoms with Gasteiger partial charge >= 0.3 is 0 Å². The fourth-order valence-corrected chi connectivity index (χ4v) is 3.82. The molecule has 0 bridgehead atoms. The Morgan fingerprint density at radius 1 is 1.15 bits per heavy atom. The van der Waals surface area contributed by atoms with Crippen LogP contribution in [0.4, 0.5) is 0 Å². The fraction of sp³-hybridized carbons (Fsp3) is 0.619. The summed E-state index contributed by atoms with van der Waals surface area (Å²) >= 11 is 0. The van der Waals surface area contributed by atoms with E-state index >= 15 is 0 Å². The molecular formula is C21H31N5O. The maximum atomic E-state index is 5.57. The minimum absolute atomic E-state index is 0.551. The van der Waals surface area contributed by atoms with Crippen molar-refractivity contribution in [3.63, 3.8) is 0 Å². The number of likely N-dealkylation sites (N-methyl/N-ethyl adjacent to an activating group) is 1. The van der Waals surface area contributed by atoms with Crippen LogP contribution in [0.1, 0.15) is 43.8 Å². The van der Waals surface area contributed by atoms with Gasteiger partial charge in [0, 0.05) is 44.6 Å². The predicted molar refractivity (Wildman–Crippen MR) is 107 cm³/mol. The SMILES string of the molecule is COc1ccccc1-n1nc(C2CC2)nc1CCC(C)N1CCN(C)CC1. The minimum atomic E-state index is 0.551. The van der Waals surface area contributed by atoms with Gasteiger partial charge in [0.25, 0.3) is 0 Å². The zero-order valence-corrected chi connectivity index (χ0v) is 16.8. The Kier molecular flexibility index (Phi) is 5.45. The number of para-hydroxylation sites is 2. The molecule has 2 heterocycles. The van der Waals surface area contributed by atoms with Crippen molar-refractivity contribution in [1.82, 2.24) is 24.6 Å². The van der Waals surface area contributed by atoms with E-state index < -0.39 is 0 Å². The summed E-state index contributed by atoms with van der Waals surface area (Å²) in [7, 11) is 3.92. The summed E-state index contributed by atoms with van der Waals surface area (Å²) in [6.45, 7) is 6.98. The molecule has 1 aromatic heterocycles. The second-order valence-corrected chi connectivity index (χ2v) is 7.97. The lowest BCUT2D eigenvalue weighted by atomic mass is 10.1. The topological polar surface area (TPSA) is 46.4 Å². The van der Waals surface area contributed by atoms with Gasteiger partial charge in [-0.1, -0.05) is 12.1 Å². The van der Waals surface area contributed by atoms with E-state index in [4.69, 9.17) is 14.8 Å². The van der Waals surface area contributed by atoms with Crippen LogP contribution in [-0.4, -0.2) is 70.9 Å². The quantitative estimate of drug-likeness (QED) is 0.751. The molecule has 0 amide bonds. The maximum absolute atomic E-state index is 5.57. The highest BCUT2D eigenvalue weighted by molar-refractivity contribution is 5.46. The number of benzene rings is 1. The predicted octanol–water partition coefficient (Wildman–Crippen LogP) is 2.72. The summed E-state index contributed by atoms with van der Waals surface area (Å²) in [5.41, 5.74) is 0.988. The molecule has 27 heavy (non-hydrogen) atoms. The largest absolute Gasteiger partial charge is 0.494 e. The Hall–Kier alpha value is -1.92. The number of aromatic nitrogens is 3. The maximum Gasteiger partial charge on any atom is 0.154 e. The van der Waals surface area contributed by atoms with Crippen molar-refractivity contribution in [2.24, 2.45) is 0 Å². The minimum Gasteiger partial charge on any atom is -0.494 e. The highest BCUT2D eigenvalue weighted by Crippen LogP contribution is 2.38. The number of methoxy groups -OCH3 is 1. The van der Waals surface area contributed by atoms with Gasteiger partial charge in [-0.15, -0.1) is 0 Å². The van der Waals surface area contributed by atoms with Crippen LogP contribution in [0.5, 0.6) is 5.75 Å². The standard InChI is InChI=1S/C21H31N5O/c1-16(25-14-12-24(2)13-15-25)8-11-20-22-21(17-9-10-17)23-26(20)18-6-4-5-7-19(18)27-3/h4-7,16-17H,8-15H2,1-3H3. The van der Waals surface area contributed by atoms with E-state index in [-0.39, 0.29) is 0 Å². The molecule has 2 aliphatic rings. The van der Waals surface area contributed by atoms with Gasteiger partial charge in [0.15, 0.2) is 5.82 Å². The Morgan fingerprint density at radius 3 is 2.59 bits per heavy atom. The number of ether oxygens (including phenoxy) is 1. The molecule has 1 saturated heterocycles. The molecular weight excluding hydrogens is 338 g/mol. The highest BCUT2D eigenvalue weighted by atomic mass is 16.5. The summed E-state index contributed by atoms with van der Waals surface area (Å²) in [5, 5.41) is 4.86. The Morgan fingerprint density at radius 2 is 1.89 bits per heavy atom. The lowest BCUT2D eigenvalue weighted by Gasteiger charge is -2.36. The summed E-state index contributed by atoms with van der Waals surface area (Å²) < 4.78 is 7.59. The van der Waals surface area contributed by atoms with Crippen LogP contribution in [0.25, 0.3) is 5.69 Å². The number of piperazine rings is 1. The molecule has 146 valence electrons. The molecule has 1 aromatic carbocycles. The van der Waals surface area contributed by atoms with Gasteiger partial charge in [-0.25, -0.2) is 9.67 Å². The molecule has 2 fully saturated rings. The first-order valence-electron chi connectivity index (χ1n) is 10.2. The van der Waals surface area contributed by atoms with Crippen LogP contribution in [-0.2, 0) is 6.42 Å². The monoisotopic (exact) mass is 369 g/mol. The average Bonchev–Trinajstić information content (AvgIpc) is 3.46. The van der Waals surface area contributed by atoms with Crippen LogP contribution in [0.15, 0.2) is 24.3 Å². The molecule has 6 nitrogen and oxygen atoms in total. The molecule has 4 rings (SSSR count). The molecule has 0 spiro atoms. The Balaban J connectivity index is 1.51. The molecule has 1 unspecified atom stereocenters. The van der Waals surface area contributed by atoms with Crippen LogP contribution in [0, 0.1) is 0 Å². The van der Waals surface area contributed by atoms with Gasteiger partial charge < -0.3 is 9.64 Å². The van der Waals surface area contributed by atoms with Gasteiger partial charge in [-0.2, -0.15) is 5.10 Å². The van der Waals surface area contributed by atoms with E-state index in [2.05, 4.69) is 29.8 Å². The van der Waals surface area contributed by atoms with Gasteiger partial charge in [-0.05, 0) is 45.4 Å². The van der Waals surface area contributed by atoms with Crippen LogP contribution in [0.3, 0.4) is 0 Å². The third-order valence-corrected chi connectivity index (χ3v) is 5.89. The summed E-state index contributed by atoms with van der Waals surface area (Å²) in [4.78, 5) is 9.93. The zero-order chi connectivity index (χ0) is 18.8. The van der Waals surface area contributed by atoms with Crippen LogP contribution in [0.2, 0.25) is 0 Å². The number of hydrogen-bond acceptors (Lipinski definition) is 5. The van der Waals surface area contributed by atoms with E-state index in [1.807, 2.05) is 22.9 Å². The Labute approximate surface area is 162 Å². The first-order chi connectivity index (χ1) is 13.2. The third-order valence-electron chi connectivity index (χ3n) is 5.89. The summed E-state index contributed by atoms with van der Waals surface area (Å²) in [5.74, 6) is 3.46. The van der Waals surface area contributed by atoms with Crippen molar-refractivity contribution in [2.75, 3.05) is 40.3 Å². The highest BCUT2D eigenvalue weighted by Gasteiger charge is 2.30. The molecule has 1 aliphatic carbocycles. The molecule has 0 radical (unpaired) electrons. The van der Waals surface area contributed by atoms with E-state index in [0.29, 0.717) is 12.0 Å². The molecule has 1 atom stereocenters. The number of nitrogens with zero attached hydrogens (tertiary/aromatic N) is 5. The number of hydrogen-bond donors (Lipinski definition) is 0. The van der Waals surface area contributed by atoms with Crippen molar-refractivity contribution in [3.8, 4) is 11.4 Å². The van der Waals surface area contributed by atoms with E-state index in [1.54, 1.807) is 7.11 Å². The van der Waals surface area contributed by atoms with Crippen molar-refractivity contribution < 1.29 is 4.74 Å². The van der Waals surface area contributed by atoms with E-state index in [1.165, 1.54) is 12.8 Å². The number of aryl methyl sites for hydroxylation is 1. The van der Waals surface area contributed by atoms with Gasteiger partial charge in [0.2, 0.25) is 0 Å². The first-order valence-corrected chi connectivity index (χ1v) is 10.2. The number of rotatable bonds is 7. The van der Waals surface area contributed by atoms with Crippen molar-refractivity contribution in [2.45, 2.75) is 44.6 Å². The van der Waals surface area contributed by atoms with E-state index in [0.717, 1.165) is 62.1 Å². The van der Waals surface area contributed by atoms with E-state index in [9.17, 15) is 0 Å². The molecule has 0 N–H and O–H groups in total. The molecule has 1 saturated carbocycles. The first kappa shape index (κ1) is 18.4. The van der Waals surface area contributed by atoms with Crippen LogP contribution >= 0.6 is 0 Å². The molecule has 1 aliphatic heterocycles. The van der Waals surface area contributed by atoms with Crippen molar-refractivity contribution >= 4 is 0 Å². The molecule has 2 aromatic rings. The molecule has 6 heteroatoms. The third kappa shape index (κ3) is 4.17. The fourth-order valence-electron chi connectivity index (χ4n) is 3.82. The van der Waals surface area contributed by atoms with Crippen LogP contribution < -0.4 is 4.74 Å². The second kappa shape index (κ2) is 7.98. The average molecular weight is 370 g/mol. The second-order valence-electron chi connectivity index (χ2n) is 7.97. The van der Waals surface area contributed by atoms with Gasteiger partial charge in [-0.3, -0.25) is 4.90 Å². The zero-order valence-electron chi connectivity index (χ0n) is 16.8. The van der Waals surface area contributed by atoms with Crippen molar-refractivity contribution in [1.29, 1.82) is 0 Å². The lowest BCUT2D eigenvalue weighted by molar-refractivity contribution is 0.114. The van der Waals surface area contributed by atoms with Gasteiger partial charge in [0.05, 0.1) is 7.11 Å². The summed E-state index contributed by atoms with van der Waals surface area (Å²) in [6, 6.07) is 8.65. The summed E-state index contributed by atoms with van der Waals surface area (Å²) in [6.07, 6.45) is 4.47. The van der Waals surface area contributed by atoms with Gasteiger partial charge in [0.1, 0.15) is 17.3 Å². The Bertz CT molecular complexity index is 762. The normalized spacial score (nSPS) is 20.0. The van der Waals surface area contributed by atoms with Crippen molar-refractivity contribution in [3.05, 3.63) is 35.9 Å². The smallest absolute Gasteiger partial charge is 0.154 e. The lowest BCUT2D eigenvalue weighted by Crippen LogP contribution is -2.48.